The summed E-state index contributed by atoms with van der Waals surface area (Å²) in [6, 6.07) is 1.96. The number of aromatic nitrogens is 1. The minimum absolute atomic E-state index is 0.0500. The van der Waals surface area contributed by atoms with Gasteiger partial charge in [-0.3, -0.25) is 4.98 Å². The van der Waals surface area contributed by atoms with Gasteiger partial charge in [-0.1, -0.05) is 0 Å². The predicted molar refractivity (Wildman–Crippen MR) is 63.1 cm³/mol. The molecule has 0 aliphatic carbocycles. The molecule has 1 atom stereocenters. The van der Waals surface area contributed by atoms with E-state index in [1.54, 1.807) is 26.6 Å². The zero-order valence-electron chi connectivity index (χ0n) is 8.87. The number of pyridine rings is 1. The van der Waals surface area contributed by atoms with Gasteiger partial charge in [-0.25, -0.2) is 0 Å². The lowest BCUT2D eigenvalue weighted by Gasteiger charge is -2.15. The van der Waals surface area contributed by atoms with Crippen LogP contribution in [-0.4, -0.2) is 38.5 Å². The summed E-state index contributed by atoms with van der Waals surface area (Å²) >= 11 is 3.36. The molecule has 15 heavy (non-hydrogen) atoms. The Morgan fingerprint density at radius 3 is 2.87 bits per heavy atom. The molecular weight excluding hydrogens is 260 g/mol. The molecule has 0 saturated carbocycles. The highest BCUT2D eigenvalue weighted by Gasteiger charge is 2.06. The summed E-state index contributed by atoms with van der Waals surface area (Å²) in [5.41, 5.74) is 0.961. The second kappa shape index (κ2) is 6.76. The third kappa shape index (κ3) is 4.59. The molecule has 84 valence electrons. The molecule has 4 nitrogen and oxygen atoms in total. The van der Waals surface area contributed by atoms with Crippen LogP contribution < -0.4 is 5.32 Å². The van der Waals surface area contributed by atoms with Gasteiger partial charge in [0.1, 0.15) is 0 Å². The van der Waals surface area contributed by atoms with Gasteiger partial charge in [-0.05, 0) is 22.0 Å². The van der Waals surface area contributed by atoms with Crippen LogP contribution in [0.2, 0.25) is 0 Å². The third-order valence-corrected chi connectivity index (χ3v) is 2.36. The van der Waals surface area contributed by atoms with E-state index in [1.807, 2.05) is 6.07 Å². The molecule has 1 aromatic rings. The highest BCUT2D eigenvalue weighted by atomic mass is 79.9. The van der Waals surface area contributed by atoms with Crippen molar-refractivity contribution in [2.75, 3.05) is 32.7 Å². The first kappa shape index (κ1) is 12.4. The molecular formula is C10H15BrN2O2. The maximum atomic E-state index is 5.22. The molecule has 0 aliphatic rings. The Balaban J connectivity index is 2.41. The monoisotopic (exact) mass is 274 g/mol. The van der Waals surface area contributed by atoms with E-state index < -0.39 is 0 Å². The number of methoxy groups -OCH3 is 2. The summed E-state index contributed by atoms with van der Waals surface area (Å²) in [6.45, 7) is 1.27. The van der Waals surface area contributed by atoms with Crippen LogP contribution in [0.3, 0.4) is 0 Å². The highest BCUT2D eigenvalue weighted by Crippen LogP contribution is 2.13. The Hall–Kier alpha value is -0.650. The largest absolute Gasteiger partial charge is 0.382 e. The molecule has 1 unspecified atom stereocenters. The molecule has 1 heterocycles. The summed E-state index contributed by atoms with van der Waals surface area (Å²) < 4.78 is 11.2. The van der Waals surface area contributed by atoms with Gasteiger partial charge < -0.3 is 14.8 Å². The van der Waals surface area contributed by atoms with Crippen molar-refractivity contribution in [2.45, 2.75) is 6.10 Å². The van der Waals surface area contributed by atoms with Crippen molar-refractivity contribution in [2.24, 2.45) is 0 Å². The second-order valence-electron chi connectivity index (χ2n) is 3.09. The van der Waals surface area contributed by atoms with Crippen LogP contribution >= 0.6 is 15.9 Å². The Morgan fingerprint density at radius 2 is 2.27 bits per heavy atom. The van der Waals surface area contributed by atoms with Crippen molar-refractivity contribution in [3.8, 4) is 0 Å². The Bertz CT molecular complexity index is 297. The molecule has 0 radical (unpaired) electrons. The zero-order valence-corrected chi connectivity index (χ0v) is 10.5. The van der Waals surface area contributed by atoms with Gasteiger partial charge in [-0.15, -0.1) is 0 Å². The molecule has 0 fully saturated rings. The van der Waals surface area contributed by atoms with E-state index in [0.717, 1.165) is 10.2 Å². The van der Waals surface area contributed by atoms with E-state index >= 15 is 0 Å². The minimum Gasteiger partial charge on any atom is -0.382 e. The highest BCUT2D eigenvalue weighted by molar-refractivity contribution is 9.10. The number of rotatable bonds is 6. The molecule has 0 bridgehead atoms. The normalized spacial score (nSPS) is 12.5. The fourth-order valence-electron chi connectivity index (χ4n) is 1.14. The van der Waals surface area contributed by atoms with Gasteiger partial charge in [0.15, 0.2) is 0 Å². The van der Waals surface area contributed by atoms with E-state index in [0.29, 0.717) is 13.2 Å². The first-order chi connectivity index (χ1) is 7.26. The SMILES string of the molecule is COCC(CNc1cncc(Br)c1)OC. The van der Waals surface area contributed by atoms with Gasteiger partial charge in [0.25, 0.3) is 0 Å². The summed E-state index contributed by atoms with van der Waals surface area (Å²) in [4.78, 5) is 4.05. The Kier molecular flexibility index (Phi) is 5.60. The number of anilines is 1. The van der Waals surface area contributed by atoms with Gasteiger partial charge >= 0.3 is 0 Å². The summed E-state index contributed by atoms with van der Waals surface area (Å²) in [5, 5.41) is 3.22. The molecule has 0 aliphatic heterocycles. The molecule has 0 aromatic carbocycles. The Morgan fingerprint density at radius 1 is 1.47 bits per heavy atom. The van der Waals surface area contributed by atoms with E-state index in [1.165, 1.54) is 0 Å². The van der Waals surface area contributed by atoms with Crippen LogP contribution in [0.1, 0.15) is 0 Å². The number of nitrogens with one attached hydrogen (secondary N) is 1. The minimum atomic E-state index is 0.0500. The quantitative estimate of drug-likeness (QED) is 0.861. The van der Waals surface area contributed by atoms with Crippen LogP contribution in [0.25, 0.3) is 0 Å². The zero-order chi connectivity index (χ0) is 11.1. The standard InChI is InChI=1S/C10H15BrN2O2/c1-14-7-10(15-2)6-13-9-3-8(11)4-12-5-9/h3-5,10,13H,6-7H2,1-2H3. The lowest BCUT2D eigenvalue weighted by Crippen LogP contribution is -2.26. The lowest BCUT2D eigenvalue weighted by molar-refractivity contribution is 0.0365. The van der Waals surface area contributed by atoms with Crippen LogP contribution in [0.5, 0.6) is 0 Å². The van der Waals surface area contributed by atoms with Crippen molar-refractivity contribution in [3.63, 3.8) is 0 Å². The number of halogens is 1. The first-order valence-electron chi connectivity index (χ1n) is 4.62. The van der Waals surface area contributed by atoms with E-state index in [2.05, 4.69) is 26.2 Å². The smallest absolute Gasteiger partial charge is 0.0976 e. The van der Waals surface area contributed by atoms with Gasteiger partial charge in [0, 0.05) is 31.4 Å². The number of hydrogen-bond acceptors (Lipinski definition) is 4. The first-order valence-corrected chi connectivity index (χ1v) is 5.41. The van der Waals surface area contributed by atoms with Crippen molar-refractivity contribution >= 4 is 21.6 Å². The Labute approximate surface area is 98.1 Å². The van der Waals surface area contributed by atoms with Gasteiger partial charge in [0.05, 0.1) is 24.6 Å². The van der Waals surface area contributed by atoms with Crippen LogP contribution in [0.15, 0.2) is 22.9 Å². The lowest BCUT2D eigenvalue weighted by atomic mass is 10.3. The molecule has 0 saturated heterocycles. The predicted octanol–water partition coefficient (Wildman–Crippen LogP) is 1.92. The summed E-state index contributed by atoms with van der Waals surface area (Å²) in [5.74, 6) is 0. The van der Waals surface area contributed by atoms with E-state index in [9.17, 15) is 0 Å². The molecule has 5 heteroatoms. The van der Waals surface area contributed by atoms with Crippen LogP contribution in [-0.2, 0) is 9.47 Å². The fraction of sp³-hybridized carbons (Fsp3) is 0.500. The number of hydrogen-bond donors (Lipinski definition) is 1. The topological polar surface area (TPSA) is 43.4 Å². The van der Waals surface area contributed by atoms with Gasteiger partial charge in [-0.2, -0.15) is 0 Å². The molecule has 1 N–H and O–H groups in total. The second-order valence-corrected chi connectivity index (χ2v) is 4.00. The average molecular weight is 275 g/mol. The number of nitrogens with zero attached hydrogens (tertiary/aromatic N) is 1. The van der Waals surface area contributed by atoms with Crippen molar-refractivity contribution in [1.29, 1.82) is 0 Å². The summed E-state index contributed by atoms with van der Waals surface area (Å²) in [6.07, 6.45) is 3.56. The maximum absolute atomic E-state index is 5.22. The summed E-state index contributed by atoms with van der Waals surface area (Å²) in [7, 11) is 3.33. The number of ether oxygens (including phenoxy) is 2. The third-order valence-electron chi connectivity index (χ3n) is 1.92. The molecule has 0 amide bonds. The van der Waals surface area contributed by atoms with Crippen LogP contribution in [0.4, 0.5) is 5.69 Å². The maximum Gasteiger partial charge on any atom is 0.0976 e. The van der Waals surface area contributed by atoms with E-state index in [-0.39, 0.29) is 6.10 Å². The average Bonchev–Trinajstić information content (AvgIpc) is 2.24. The molecule has 1 aromatic heterocycles. The fourth-order valence-corrected chi connectivity index (χ4v) is 1.50. The molecule has 1 rings (SSSR count). The molecule has 0 spiro atoms. The van der Waals surface area contributed by atoms with Crippen LogP contribution in [0, 0.1) is 0 Å². The van der Waals surface area contributed by atoms with Gasteiger partial charge in [0.2, 0.25) is 0 Å². The van der Waals surface area contributed by atoms with Crippen molar-refractivity contribution in [3.05, 3.63) is 22.9 Å². The van der Waals surface area contributed by atoms with E-state index in [4.69, 9.17) is 9.47 Å². The van der Waals surface area contributed by atoms with Crippen molar-refractivity contribution < 1.29 is 9.47 Å². The van der Waals surface area contributed by atoms with Crippen molar-refractivity contribution in [1.82, 2.24) is 4.98 Å².